The lowest BCUT2D eigenvalue weighted by molar-refractivity contribution is -0.146. The lowest BCUT2D eigenvalue weighted by Gasteiger charge is -2.28. The zero-order chi connectivity index (χ0) is 13.8. The number of carbonyl (C=O) groups excluding carboxylic acids is 1. The maximum absolute atomic E-state index is 11.4. The number of nitrogens with zero attached hydrogens (tertiary/aromatic N) is 1. The molecule has 0 atom stereocenters. The molecule has 1 heterocycles. The number of nitrogens with one attached hydrogen (secondary N) is 1. The van der Waals surface area contributed by atoms with Gasteiger partial charge in [-0.15, -0.1) is 0 Å². The Morgan fingerprint density at radius 3 is 2.74 bits per heavy atom. The fraction of sp³-hybridized carbons (Fsp3) is 0.538. The molecule has 6 heteroatoms. The number of pyridine rings is 1. The maximum Gasteiger partial charge on any atom is 0.308 e. The van der Waals surface area contributed by atoms with Crippen LogP contribution in [0.3, 0.4) is 0 Å². The number of carbonyl (C=O) groups is 1. The van der Waals surface area contributed by atoms with Crippen molar-refractivity contribution in [2.24, 2.45) is 5.92 Å². The molecule has 1 saturated carbocycles. The van der Waals surface area contributed by atoms with Crippen LogP contribution >= 0.6 is 27.5 Å². The van der Waals surface area contributed by atoms with Crippen molar-refractivity contribution in [1.29, 1.82) is 0 Å². The van der Waals surface area contributed by atoms with Crippen molar-refractivity contribution in [3.05, 3.63) is 21.8 Å². The number of halogens is 2. The van der Waals surface area contributed by atoms with E-state index in [9.17, 15) is 4.79 Å². The molecule has 1 N–H and O–H groups in total. The summed E-state index contributed by atoms with van der Waals surface area (Å²) in [5, 5.41) is 3.99. The minimum absolute atomic E-state index is 0.0460. The van der Waals surface area contributed by atoms with Crippen LogP contribution < -0.4 is 5.32 Å². The number of hydrogen-bond donors (Lipinski definition) is 1. The molecule has 0 aromatic carbocycles. The molecule has 0 spiro atoms. The Hall–Kier alpha value is -0.810. The van der Waals surface area contributed by atoms with Crippen molar-refractivity contribution >= 4 is 39.3 Å². The Labute approximate surface area is 126 Å². The molecule has 104 valence electrons. The van der Waals surface area contributed by atoms with Crippen molar-refractivity contribution in [3.63, 3.8) is 0 Å². The van der Waals surface area contributed by atoms with Gasteiger partial charge in [-0.1, -0.05) is 11.6 Å². The quantitative estimate of drug-likeness (QED) is 0.848. The number of rotatable bonds is 3. The number of ether oxygens (including phenoxy) is 1. The third kappa shape index (κ3) is 3.83. The van der Waals surface area contributed by atoms with E-state index in [1.165, 1.54) is 7.11 Å². The first kappa shape index (κ1) is 14.6. The van der Waals surface area contributed by atoms with E-state index in [4.69, 9.17) is 16.3 Å². The van der Waals surface area contributed by atoms with E-state index in [2.05, 4.69) is 26.2 Å². The topological polar surface area (TPSA) is 51.2 Å². The van der Waals surface area contributed by atoms with Crippen molar-refractivity contribution in [2.45, 2.75) is 31.7 Å². The van der Waals surface area contributed by atoms with Crippen molar-refractivity contribution in [3.8, 4) is 0 Å². The van der Waals surface area contributed by atoms with Crippen LogP contribution in [0.5, 0.6) is 0 Å². The molecule has 19 heavy (non-hydrogen) atoms. The van der Waals surface area contributed by atoms with Gasteiger partial charge in [0.1, 0.15) is 5.82 Å². The molecule has 1 aliphatic rings. The zero-order valence-electron chi connectivity index (χ0n) is 10.7. The molecule has 1 aliphatic carbocycles. The number of methoxy groups -OCH3 is 1. The van der Waals surface area contributed by atoms with Gasteiger partial charge in [0.2, 0.25) is 0 Å². The van der Waals surface area contributed by atoms with E-state index in [1.807, 2.05) is 6.07 Å². The van der Waals surface area contributed by atoms with Crippen molar-refractivity contribution < 1.29 is 9.53 Å². The molecule has 1 aromatic rings. The predicted octanol–water partition coefficient (Wildman–Crippen LogP) is 3.64. The number of aromatic nitrogens is 1. The number of anilines is 1. The SMILES string of the molecule is COC(=O)C1CCC(Nc2ncc(Cl)cc2Br)CC1. The Morgan fingerprint density at radius 1 is 1.47 bits per heavy atom. The molecule has 0 aliphatic heterocycles. The van der Waals surface area contributed by atoms with Gasteiger partial charge in [-0.2, -0.15) is 0 Å². The molecule has 4 nitrogen and oxygen atoms in total. The molecule has 0 amide bonds. The minimum atomic E-state index is -0.0933. The van der Waals surface area contributed by atoms with Crippen LogP contribution in [-0.4, -0.2) is 24.1 Å². The first-order valence-corrected chi connectivity index (χ1v) is 7.42. The second-order valence-electron chi connectivity index (χ2n) is 4.70. The molecular formula is C13H16BrClN2O2. The largest absolute Gasteiger partial charge is 0.469 e. The Balaban J connectivity index is 1.90. The maximum atomic E-state index is 11.4. The van der Waals surface area contributed by atoms with Gasteiger partial charge < -0.3 is 10.1 Å². The summed E-state index contributed by atoms with van der Waals surface area (Å²) < 4.78 is 5.64. The summed E-state index contributed by atoms with van der Waals surface area (Å²) in [5.74, 6) is 0.750. The van der Waals surface area contributed by atoms with E-state index in [0.717, 1.165) is 36.0 Å². The van der Waals surface area contributed by atoms with Gasteiger partial charge >= 0.3 is 5.97 Å². The van der Waals surface area contributed by atoms with Gasteiger partial charge in [0.15, 0.2) is 0 Å². The standard InChI is InChI=1S/C13H16BrClN2O2/c1-19-13(18)8-2-4-10(5-3-8)17-12-11(14)6-9(15)7-16-12/h6-8,10H,2-5H2,1H3,(H,16,17). The van der Waals surface area contributed by atoms with E-state index < -0.39 is 0 Å². The van der Waals surface area contributed by atoms with Crippen LogP contribution in [0, 0.1) is 5.92 Å². The Bertz CT molecular complexity index is 462. The van der Waals surface area contributed by atoms with Crippen LogP contribution in [0.1, 0.15) is 25.7 Å². The van der Waals surface area contributed by atoms with Crippen molar-refractivity contribution in [2.75, 3.05) is 12.4 Å². The fourth-order valence-corrected chi connectivity index (χ4v) is 3.11. The van der Waals surface area contributed by atoms with Gasteiger partial charge in [0, 0.05) is 12.2 Å². The zero-order valence-corrected chi connectivity index (χ0v) is 13.0. The molecular weight excluding hydrogens is 332 g/mol. The molecule has 0 saturated heterocycles. The monoisotopic (exact) mass is 346 g/mol. The summed E-state index contributed by atoms with van der Waals surface area (Å²) >= 11 is 9.29. The highest BCUT2D eigenvalue weighted by molar-refractivity contribution is 9.10. The Morgan fingerprint density at radius 2 is 2.16 bits per heavy atom. The normalized spacial score (nSPS) is 22.9. The third-order valence-corrected chi connectivity index (χ3v) is 4.22. The average Bonchev–Trinajstić information content (AvgIpc) is 2.42. The van der Waals surface area contributed by atoms with Gasteiger partial charge in [0.25, 0.3) is 0 Å². The van der Waals surface area contributed by atoms with E-state index in [1.54, 1.807) is 6.20 Å². The average molecular weight is 348 g/mol. The van der Waals surface area contributed by atoms with Gasteiger partial charge in [0.05, 0.1) is 22.5 Å². The summed E-state index contributed by atoms with van der Waals surface area (Å²) in [7, 11) is 1.45. The second kappa shape index (κ2) is 6.57. The molecule has 0 radical (unpaired) electrons. The first-order valence-electron chi connectivity index (χ1n) is 6.25. The molecule has 0 unspecified atom stereocenters. The molecule has 0 bridgehead atoms. The summed E-state index contributed by atoms with van der Waals surface area (Å²) in [5.41, 5.74) is 0. The van der Waals surface area contributed by atoms with Crippen LogP contribution in [0.4, 0.5) is 5.82 Å². The number of esters is 1. The molecule has 1 fully saturated rings. The third-order valence-electron chi connectivity index (χ3n) is 3.41. The lowest BCUT2D eigenvalue weighted by Crippen LogP contribution is -2.30. The Kier molecular flexibility index (Phi) is 5.05. The summed E-state index contributed by atoms with van der Waals surface area (Å²) in [6, 6.07) is 2.16. The van der Waals surface area contributed by atoms with Gasteiger partial charge in [-0.3, -0.25) is 4.79 Å². The lowest BCUT2D eigenvalue weighted by atomic mass is 9.86. The summed E-state index contributed by atoms with van der Waals surface area (Å²) in [4.78, 5) is 15.7. The summed E-state index contributed by atoms with van der Waals surface area (Å²) in [6.07, 6.45) is 5.22. The van der Waals surface area contributed by atoms with Gasteiger partial charge in [-0.25, -0.2) is 4.98 Å². The number of hydrogen-bond acceptors (Lipinski definition) is 4. The molecule has 1 aromatic heterocycles. The highest BCUT2D eigenvalue weighted by Gasteiger charge is 2.27. The van der Waals surface area contributed by atoms with Crippen LogP contribution in [0.2, 0.25) is 5.02 Å². The van der Waals surface area contributed by atoms with Crippen molar-refractivity contribution in [1.82, 2.24) is 4.98 Å². The highest BCUT2D eigenvalue weighted by atomic mass is 79.9. The van der Waals surface area contributed by atoms with Crippen LogP contribution in [0.25, 0.3) is 0 Å². The van der Waals surface area contributed by atoms with Crippen LogP contribution in [-0.2, 0) is 9.53 Å². The van der Waals surface area contributed by atoms with E-state index in [-0.39, 0.29) is 11.9 Å². The van der Waals surface area contributed by atoms with E-state index >= 15 is 0 Å². The highest BCUT2D eigenvalue weighted by Crippen LogP contribution is 2.29. The second-order valence-corrected chi connectivity index (χ2v) is 5.99. The van der Waals surface area contributed by atoms with Crippen LogP contribution in [0.15, 0.2) is 16.7 Å². The fourth-order valence-electron chi connectivity index (χ4n) is 2.35. The molecule has 2 rings (SSSR count). The smallest absolute Gasteiger partial charge is 0.308 e. The minimum Gasteiger partial charge on any atom is -0.469 e. The van der Waals surface area contributed by atoms with E-state index in [0.29, 0.717) is 11.1 Å². The summed E-state index contributed by atoms with van der Waals surface area (Å²) in [6.45, 7) is 0. The predicted molar refractivity (Wildman–Crippen MR) is 78.3 cm³/mol. The first-order chi connectivity index (χ1) is 9.10. The van der Waals surface area contributed by atoms with Gasteiger partial charge in [-0.05, 0) is 47.7 Å².